The van der Waals surface area contributed by atoms with E-state index >= 15 is 0 Å². The van der Waals surface area contributed by atoms with Gasteiger partial charge < -0.3 is 10.1 Å². The van der Waals surface area contributed by atoms with Crippen molar-refractivity contribution < 1.29 is 14.3 Å². The fourth-order valence-electron chi connectivity index (χ4n) is 2.53. The van der Waals surface area contributed by atoms with Crippen molar-refractivity contribution in [3.05, 3.63) is 16.1 Å². The second-order valence-corrected chi connectivity index (χ2v) is 6.57. The van der Waals surface area contributed by atoms with Gasteiger partial charge in [-0.3, -0.25) is 9.59 Å². The van der Waals surface area contributed by atoms with Crippen molar-refractivity contribution >= 4 is 23.2 Å². The predicted octanol–water partition coefficient (Wildman–Crippen LogP) is 2.23. The monoisotopic (exact) mass is 310 g/mol. The number of carbonyl (C=O) groups excluding carboxylic acids is 2. The third-order valence-electron chi connectivity index (χ3n) is 3.67. The highest BCUT2D eigenvalue weighted by atomic mass is 32.1. The lowest BCUT2D eigenvalue weighted by molar-refractivity contribution is -0.148. The third kappa shape index (κ3) is 5.83. The van der Waals surface area contributed by atoms with Gasteiger partial charge in [0.05, 0.1) is 17.1 Å². The van der Waals surface area contributed by atoms with Crippen LogP contribution in [-0.2, 0) is 20.7 Å². The molecule has 1 aromatic heterocycles. The summed E-state index contributed by atoms with van der Waals surface area (Å²) in [4.78, 5) is 27.4. The third-order valence-corrected chi connectivity index (χ3v) is 4.49. The summed E-state index contributed by atoms with van der Waals surface area (Å²) in [5, 5.41) is 5.60. The van der Waals surface area contributed by atoms with Crippen LogP contribution in [0.15, 0.2) is 5.38 Å². The molecule has 0 atom stereocenters. The number of rotatable bonds is 6. The van der Waals surface area contributed by atoms with Crippen molar-refractivity contribution in [2.45, 2.75) is 45.4 Å². The normalized spacial score (nSPS) is 15.7. The summed E-state index contributed by atoms with van der Waals surface area (Å²) in [7, 11) is 0. The van der Waals surface area contributed by atoms with E-state index in [9.17, 15) is 9.59 Å². The van der Waals surface area contributed by atoms with E-state index in [2.05, 4.69) is 10.3 Å². The lowest BCUT2D eigenvalue weighted by Crippen LogP contribution is -2.33. The molecule has 1 aromatic rings. The standard InChI is InChI=1S/C15H22N2O3S/c1-11-17-13(10-21-11)7-15(19)20-9-14(18)16-8-12-5-3-2-4-6-12/h10,12H,2-9H2,1H3,(H,16,18). The van der Waals surface area contributed by atoms with Crippen molar-refractivity contribution in [2.24, 2.45) is 5.92 Å². The van der Waals surface area contributed by atoms with Gasteiger partial charge in [0.25, 0.3) is 5.91 Å². The van der Waals surface area contributed by atoms with Crippen LogP contribution in [0.2, 0.25) is 0 Å². The van der Waals surface area contributed by atoms with Gasteiger partial charge in [-0.15, -0.1) is 11.3 Å². The van der Waals surface area contributed by atoms with E-state index in [4.69, 9.17) is 4.74 Å². The van der Waals surface area contributed by atoms with Crippen LogP contribution in [0.4, 0.5) is 0 Å². The zero-order valence-electron chi connectivity index (χ0n) is 12.4. The molecule has 0 aromatic carbocycles. The number of amides is 1. The second-order valence-electron chi connectivity index (χ2n) is 5.50. The highest BCUT2D eigenvalue weighted by Gasteiger charge is 2.15. The van der Waals surface area contributed by atoms with E-state index in [-0.39, 0.29) is 18.9 Å². The van der Waals surface area contributed by atoms with E-state index in [1.807, 2.05) is 12.3 Å². The summed E-state index contributed by atoms with van der Waals surface area (Å²) in [6.45, 7) is 2.38. The first-order chi connectivity index (χ1) is 10.1. The van der Waals surface area contributed by atoms with Crippen LogP contribution in [-0.4, -0.2) is 30.0 Å². The first-order valence-corrected chi connectivity index (χ1v) is 8.35. The Balaban J connectivity index is 1.60. The van der Waals surface area contributed by atoms with Crippen LogP contribution in [0, 0.1) is 12.8 Å². The van der Waals surface area contributed by atoms with Crippen molar-refractivity contribution in [2.75, 3.05) is 13.2 Å². The SMILES string of the molecule is Cc1nc(CC(=O)OCC(=O)NCC2CCCCC2)cs1. The lowest BCUT2D eigenvalue weighted by atomic mass is 9.89. The zero-order valence-corrected chi connectivity index (χ0v) is 13.2. The number of ether oxygens (including phenoxy) is 1. The van der Waals surface area contributed by atoms with E-state index in [1.165, 1.54) is 43.4 Å². The summed E-state index contributed by atoms with van der Waals surface area (Å²) in [6.07, 6.45) is 6.30. The first kappa shape index (κ1) is 15.9. The van der Waals surface area contributed by atoms with Gasteiger partial charge in [0.2, 0.25) is 0 Å². The molecule has 1 saturated carbocycles. The molecule has 0 unspecified atom stereocenters. The van der Waals surface area contributed by atoms with Crippen molar-refractivity contribution in [3.63, 3.8) is 0 Å². The molecular weight excluding hydrogens is 288 g/mol. The van der Waals surface area contributed by atoms with Gasteiger partial charge in [-0.1, -0.05) is 19.3 Å². The summed E-state index contributed by atoms with van der Waals surface area (Å²) in [5.74, 6) is -0.0483. The van der Waals surface area contributed by atoms with Gasteiger partial charge in [0.15, 0.2) is 6.61 Å². The summed E-state index contributed by atoms with van der Waals surface area (Å²) >= 11 is 1.50. The Morgan fingerprint density at radius 1 is 1.38 bits per heavy atom. The zero-order chi connectivity index (χ0) is 15.1. The molecule has 0 saturated heterocycles. The highest BCUT2D eigenvalue weighted by molar-refractivity contribution is 7.09. The minimum atomic E-state index is -0.409. The number of esters is 1. The summed E-state index contributed by atoms with van der Waals surface area (Å²) in [5.41, 5.74) is 0.699. The Labute approximate surface area is 129 Å². The molecule has 0 bridgehead atoms. The number of hydrogen-bond donors (Lipinski definition) is 1. The maximum Gasteiger partial charge on any atom is 0.312 e. The molecule has 5 nitrogen and oxygen atoms in total. The number of thiazole rings is 1. The van der Waals surface area contributed by atoms with Crippen LogP contribution in [0.25, 0.3) is 0 Å². The molecule has 21 heavy (non-hydrogen) atoms. The molecule has 0 spiro atoms. The van der Waals surface area contributed by atoms with Gasteiger partial charge in [0.1, 0.15) is 0 Å². The summed E-state index contributed by atoms with van der Waals surface area (Å²) in [6, 6.07) is 0. The van der Waals surface area contributed by atoms with Gasteiger partial charge >= 0.3 is 5.97 Å². The molecule has 1 N–H and O–H groups in total. The van der Waals surface area contributed by atoms with Gasteiger partial charge in [-0.2, -0.15) is 0 Å². The molecule has 1 heterocycles. The molecule has 116 valence electrons. The number of aromatic nitrogens is 1. The van der Waals surface area contributed by atoms with E-state index in [0.29, 0.717) is 18.2 Å². The molecule has 0 radical (unpaired) electrons. The molecule has 1 aliphatic carbocycles. The molecule has 6 heteroatoms. The topological polar surface area (TPSA) is 68.3 Å². The van der Waals surface area contributed by atoms with Crippen molar-refractivity contribution in [1.29, 1.82) is 0 Å². The highest BCUT2D eigenvalue weighted by Crippen LogP contribution is 2.22. The van der Waals surface area contributed by atoms with E-state index < -0.39 is 5.97 Å². The Hall–Kier alpha value is -1.43. The Morgan fingerprint density at radius 3 is 2.81 bits per heavy atom. The Bertz CT molecular complexity index is 481. The Kier molecular flexibility index (Phi) is 6.17. The quantitative estimate of drug-likeness (QED) is 0.818. The maximum absolute atomic E-state index is 11.6. The van der Waals surface area contributed by atoms with Gasteiger partial charge in [-0.25, -0.2) is 4.98 Å². The van der Waals surface area contributed by atoms with E-state index in [1.54, 1.807) is 0 Å². The minimum absolute atomic E-state index is 0.125. The van der Waals surface area contributed by atoms with E-state index in [0.717, 1.165) is 5.01 Å². The fraction of sp³-hybridized carbons (Fsp3) is 0.667. The fourth-order valence-corrected chi connectivity index (χ4v) is 3.15. The maximum atomic E-state index is 11.6. The number of hydrogen-bond acceptors (Lipinski definition) is 5. The minimum Gasteiger partial charge on any atom is -0.455 e. The van der Waals surface area contributed by atoms with Crippen LogP contribution in [0.3, 0.4) is 0 Å². The molecule has 1 fully saturated rings. The number of carbonyl (C=O) groups is 2. The Morgan fingerprint density at radius 2 is 2.14 bits per heavy atom. The molecule has 1 aliphatic rings. The average Bonchev–Trinajstić information content (AvgIpc) is 2.89. The average molecular weight is 310 g/mol. The predicted molar refractivity (Wildman–Crippen MR) is 81.1 cm³/mol. The number of nitrogens with zero attached hydrogens (tertiary/aromatic N) is 1. The summed E-state index contributed by atoms with van der Waals surface area (Å²) < 4.78 is 4.97. The molecule has 1 amide bonds. The largest absolute Gasteiger partial charge is 0.455 e. The van der Waals surface area contributed by atoms with Crippen LogP contribution in [0.5, 0.6) is 0 Å². The molecule has 0 aliphatic heterocycles. The number of nitrogens with one attached hydrogen (secondary N) is 1. The molecule has 2 rings (SSSR count). The van der Waals surface area contributed by atoms with Crippen LogP contribution < -0.4 is 5.32 Å². The molecular formula is C15H22N2O3S. The van der Waals surface area contributed by atoms with Gasteiger partial charge in [-0.05, 0) is 25.7 Å². The lowest BCUT2D eigenvalue weighted by Gasteiger charge is -2.21. The van der Waals surface area contributed by atoms with Crippen molar-refractivity contribution in [1.82, 2.24) is 10.3 Å². The van der Waals surface area contributed by atoms with Crippen LogP contribution >= 0.6 is 11.3 Å². The smallest absolute Gasteiger partial charge is 0.312 e. The number of aryl methyl sites for hydroxylation is 1. The van der Waals surface area contributed by atoms with Crippen molar-refractivity contribution in [3.8, 4) is 0 Å². The second kappa shape index (κ2) is 8.12. The van der Waals surface area contributed by atoms with Gasteiger partial charge in [0, 0.05) is 11.9 Å². The van der Waals surface area contributed by atoms with Crippen LogP contribution in [0.1, 0.15) is 42.8 Å². The first-order valence-electron chi connectivity index (χ1n) is 7.47.